The molecule has 2 aromatic rings. The summed E-state index contributed by atoms with van der Waals surface area (Å²) >= 11 is 0. The number of aryl methyl sites for hydroxylation is 1. The fourth-order valence-corrected chi connectivity index (χ4v) is 3.51. The molecule has 6 nitrogen and oxygen atoms in total. The summed E-state index contributed by atoms with van der Waals surface area (Å²) in [6, 6.07) is 11.3. The second-order valence-electron chi connectivity index (χ2n) is 6.13. The molecule has 27 heavy (non-hydrogen) atoms. The van der Waals surface area contributed by atoms with Crippen LogP contribution in [0.4, 0.5) is 10.1 Å². The molecular weight excluding hydrogens is 371 g/mol. The number of sulfonamides is 1. The van der Waals surface area contributed by atoms with Crippen LogP contribution < -0.4 is 14.4 Å². The molecule has 0 aromatic heterocycles. The molecule has 8 heteroatoms. The second-order valence-corrected chi connectivity index (χ2v) is 8.04. The van der Waals surface area contributed by atoms with Crippen molar-refractivity contribution in [1.82, 2.24) is 5.32 Å². The smallest absolute Gasteiger partial charge is 0.232 e. The van der Waals surface area contributed by atoms with E-state index in [-0.39, 0.29) is 25.4 Å². The average Bonchev–Trinajstić information content (AvgIpc) is 2.60. The molecule has 0 heterocycles. The highest BCUT2D eigenvalue weighted by atomic mass is 32.2. The monoisotopic (exact) mass is 394 g/mol. The predicted molar refractivity (Wildman–Crippen MR) is 103 cm³/mol. The maximum absolute atomic E-state index is 13.6. The maximum Gasteiger partial charge on any atom is 0.232 e. The van der Waals surface area contributed by atoms with Gasteiger partial charge in [-0.05, 0) is 30.7 Å². The zero-order chi connectivity index (χ0) is 20.0. The zero-order valence-corrected chi connectivity index (χ0v) is 16.3. The highest BCUT2D eigenvalue weighted by molar-refractivity contribution is 7.92. The van der Waals surface area contributed by atoms with Crippen LogP contribution in [0.5, 0.6) is 5.75 Å². The van der Waals surface area contributed by atoms with Crippen molar-refractivity contribution in [3.8, 4) is 5.75 Å². The van der Waals surface area contributed by atoms with Gasteiger partial charge < -0.3 is 10.1 Å². The van der Waals surface area contributed by atoms with Gasteiger partial charge in [0.1, 0.15) is 11.6 Å². The Balaban J connectivity index is 2.08. The summed E-state index contributed by atoms with van der Waals surface area (Å²) in [7, 11) is -2.17. The number of nitrogens with one attached hydrogen (secondary N) is 1. The summed E-state index contributed by atoms with van der Waals surface area (Å²) in [6.45, 7) is 1.82. The van der Waals surface area contributed by atoms with Crippen molar-refractivity contribution in [1.29, 1.82) is 0 Å². The number of carbonyl (C=O) groups is 1. The first-order valence-corrected chi connectivity index (χ1v) is 10.2. The number of anilines is 1. The van der Waals surface area contributed by atoms with Crippen LogP contribution in [0, 0.1) is 12.7 Å². The first-order valence-electron chi connectivity index (χ1n) is 8.35. The van der Waals surface area contributed by atoms with Crippen LogP contribution in [0.15, 0.2) is 42.5 Å². The van der Waals surface area contributed by atoms with Crippen molar-refractivity contribution in [2.45, 2.75) is 19.9 Å². The molecule has 2 aromatic carbocycles. The van der Waals surface area contributed by atoms with Gasteiger partial charge in [0.15, 0.2) is 0 Å². The lowest BCUT2D eigenvalue weighted by Crippen LogP contribution is -2.35. The van der Waals surface area contributed by atoms with E-state index in [0.717, 1.165) is 16.1 Å². The summed E-state index contributed by atoms with van der Waals surface area (Å²) in [5, 5.41) is 2.61. The fourth-order valence-electron chi connectivity index (χ4n) is 2.59. The van der Waals surface area contributed by atoms with Crippen molar-refractivity contribution in [3.63, 3.8) is 0 Å². The molecule has 0 spiro atoms. The van der Waals surface area contributed by atoms with Crippen LogP contribution in [-0.2, 0) is 21.4 Å². The highest BCUT2D eigenvalue weighted by Gasteiger charge is 2.22. The first-order chi connectivity index (χ1) is 12.7. The van der Waals surface area contributed by atoms with Crippen molar-refractivity contribution in [3.05, 3.63) is 59.4 Å². The molecule has 0 bridgehead atoms. The summed E-state index contributed by atoms with van der Waals surface area (Å²) in [5.41, 5.74) is 1.61. The topological polar surface area (TPSA) is 75.7 Å². The van der Waals surface area contributed by atoms with Gasteiger partial charge in [-0.15, -0.1) is 0 Å². The van der Waals surface area contributed by atoms with E-state index in [0.29, 0.717) is 17.0 Å². The molecule has 0 unspecified atom stereocenters. The van der Waals surface area contributed by atoms with Crippen molar-refractivity contribution >= 4 is 21.6 Å². The quantitative estimate of drug-likeness (QED) is 0.747. The Hall–Kier alpha value is -2.61. The molecule has 0 saturated heterocycles. The molecule has 0 saturated carbocycles. The highest BCUT2D eigenvalue weighted by Crippen LogP contribution is 2.31. The number of ether oxygens (including phenoxy) is 1. The Morgan fingerprint density at radius 3 is 2.56 bits per heavy atom. The molecule has 0 fully saturated rings. The number of methoxy groups -OCH3 is 1. The summed E-state index contributed by atoms with van der Waals surface area (Å²) < 4.78 is 44.5. The fraction of sp³-hybridized carbons (Fsp3) is 0.316. The van der Waals surface area contributed by atoms with E-state index in [4.69, 9.17) is 4.74 Å². The van der Waals surface area contributed by atoms with E-state index in [2.05, 4.69) is 5.32 Å². The van der Waals surface area contributed by atoms with Crippen molar-refractivity contribution in [2.24, 2.45) is 0 Å². The van der Waals surface area contributed by atoms with Gasteiger partial charge in [-0.3, -0.25) is 9.10 Å². The van der Waals surface area contributed by atoms with Gasteiger partial charge in [-0.25, -0.2) is 12.8 Å². The minimum atomic E-state index is -3.62. The van der Waals surface area contributed by atoms with Crippen molar-refractivity contribution in [2.75, 3.05) is 24.2 Å². The third kappa shape index (κ3) is 5.68. The molecule has 0 aliphatic heterocycles. The van der Waals surface area contributed by atoms with Crippen LogP contribution >= 0.6 is 0 Å². The largest absolute Gasteiger partial charge is 0.495 e. The van der Waals surface area contributed by atoms with Gasteiger partial charge in [0.2, 0.25) is 15.9 Å². The van der Waals surface area contributed by atoms with E-state index >= 15 is 0 Å². The third-order valence-electron chi connectivity index (χ3n) is 3.98. The molecule has 146 valence electrons. The molecule has 0 aliphatic rings. The second kappa shape index (κ2) is 8.85. The van der Waals surface area contributed by atoms with Crippen LogP contribution in [0.1, 0.15) is 17.5 Å². The number of nitrogens with zero attached hydrogens (tertiary/aromatic N) is 1. The SMILES string of the molecule is COc1ccc(C)cc1N(CCC(=O)NCc1ccccc1F)S(C)(=O)=O. The van der Waals surface area contributed by atoms with Gasteiger partial charge in [-0.2, -0.15) is 0 Å². The summed E-state index contributed by atoms with van der Waals surface area (Å²) in [5.74, 6) is -0.378. The van der Waals surface area contributed by atoms with E-state index in [1.807, 2.05) is 13.0 Å². The molecule has 0 atom stereocenters. The number of rotatable bonds is 8. The Bertz CT molecular complexity index is 916. The normalized spacial score (nSPS) is 11.1. The number of hydrogen-bond donors (Lipinski definition) is 1. The molecule has 1 amide bonds. The lowest BCUT2D eigenvalue weighted by atomic mass is 10.2. The van der Waals surface area contributed by atoms with E-state index in [1.54, 1.807) is 30.3 Å². The first kappa shape index (κ1) is 20.7. The van der Waals surface area contributed by atoms with Crippen LogP contribution in [0.3, 0.4) is 0 Å². The Kier molecular flexibility index (Phi) is 6.79. The molecular formula is C19H23FN2O4S. The predicted octanol–water partition coefficient (Wildman–Crippen LogP) is 2.62. The lowest BCUT2D eigenvalue weighted by molar-refractivity contribution is -0.121. The van der Waals surface area contributed by atoms with Crippen LogP contribution in [0.2, 0.25) is 0 Å². The number of carbonyl (C=O) groups excluding carboxylic acids is 1. The third-order valence-corrected chi connectivity index (χ3v) is 5.16. The van der Waals surface area contributed by atoms with Gasteiger partial charge in [0, 0.05) is 25.1 Å². The number of halogens is 1. The van der Waals surface area contributed by atoms with E-state index in [9.17, 15) is 17.6 Å². The summed E-state index contributed by atoms with van der Waals surface area (Å²) in [6.07, 6.45) is 1.00. The van der Waals surface area contributed by atoms with Crippen LogP contribution in [0.25, 0.3) is 0 Å². The van der Waals surface area contributed by atoms with Gasteiger partial charge in [-0.1, -0.05) is 24.3 Å². The minimum Gasteiger partial charge on any atom is -0.495 e. The van der Waals surface area contributed by atoms with Gasteiger partial charge in [0.25, 0.3) is 0 Å². The summed E-state index contributed by atoms with van der Waals surface area (Å²) in [4.78, 5) is 12.1. The van der Waals surface area contributed by atoms with Crippen molar-refractivity contribution < 1.29 is 22.3 Å². The average molecular weight is 394 g/mol. The number of hydrogen-bond acceptors (Lipinski definition) is 4. The number of benzene rings is 2. The van der Waals surface area contributed by atoms with E-state index in [1.165, 1.54) is 13.2 Å². The molecule has 1 N–H and O–H groups in total. The Morgan fingerprint density at radius 1 is 1.22 bits per heavy atom. The molecule has 0 aliphatic carbocycles. The van der Waals surface area contributed by atoms with E-state index < -0.39 is 15.8 Å². The molecule has 2 rings (SSSR count). The number of amides is 1. The zero-order valence-electron chi connectivity index (χ0n) is 15.5. The standard InChI is InChI=1S/C19H23FN2O4S/c1-14-8-9-18(26-2)17(12-14)22(27(3,24)25)11-10-19(23)21-13-15-6-4-5-7-16(15)20/h4-9,12H,10-11,13H2,1-3H3,(H,21,23). The minimum absolute atomic E-state index is 0.0398. The van der Waals surface area contributed by atoms with Gasteiger partial charge in [0.05, 0.1) is 19.1 Å². The van der Waals surface area contributed by atoms with Crippen LogP contribution in [-0.4, -0.2) is 34.2 Å². The Labute approximate surface area is 159 Å². The lowest BCUT2D eigenvalue weighted by Gasteiger charge is -2.24. The maximum atomic E-state index is 13.6. The Morgan fingerprint density at radius 2 is 1.93 bits per heavy atom. The molecule has 0 radical (unpaired) electrons. The van der Waals surface area contributed by atoms with Gasteiger partial charge >= 0.3 is 0 Å².